The summed E-state index contributed by atoms with van der Waals surface area (Å²) in [5.74, 6) is 0.828. The van der Waals surface area contributed by atoms with Gasteiger partial charge in [0.15, 0.2) is 12.1 Å². The van der Waals surface area contributed by atoms with Crippen LogP contribution in [0, 0.1) is 0 Å². The maximum absolute atomic E-state index is 10.8. The minimum absolute atomic E-state index is 0.00713. The molecule has 0 N–H and O–H groups in total. The fraction of sp³-hybridized carbons (Fsp3) is 0.300. The molecular weight excluding hydrogens is 192 g/mol. The number of carbonyl (C=O) groups excluding carboxylic acids is 1. The van der Waals surface area contributed by atoms with E-state index in [1.54, 1.807) is 12.4 Å². The Labute approximate surface area is 87.4 Å². The molecule has 2 rings (SSSR count). The third-order valence-corrected chi connectivity index (χ3v) is 2.47. The number of carbonyl (C=O) groups is 1. The zero-order valence-electron chi connectivity index (χ0n) is 8.66. The lowest BCUT2D eigenvalue weighted by Crippen LogP contribution is -2.13. The number of hydrogen-bond acceptors (Lipinski definition) is 3. The van der Waals surface area contributed by atoms with E-state index in [1.165, 1.54) is 0 Å². The fourth-order valence-corrected chi connectivity index (χ4v) is 1.65. The highest BCUT2D eigenvalue weighted by atomic mass is 16.1. The quantitative estimate of drug-likeness (QED) is 0.702. The number of aryl methyl sites for hydroxylation is 1. The van der Waals surface area contributed by atoms with Crippen molar-refractivity contribution in [1.82, 2.24) is 19.3 Å². The Bertz CT molecular complexity index is 471. The molecule has 2 aromatic heterocycles. The van der Waals surface area contributed by atoms with Gasteiger partial charge in [-0.15, -0.1) is 10.2 Å². The molecule has 5 heteroatoms. The van der Waals surface area contributed by atoms with Crippen molar-refractivity contribution in [3.63, 3.8) is 0 Å². The highest BCUT2D eigenvalue weighted by Gasteiger charge is 2.14. The molecule has 0 aromatic carbocycles. The van der Waals surface area contributed by atoms with Crippen molar-refractivity contribution < 1.29 is 4.79 Å². The summed E-state index contributed by atoms with van der Waals surface area (Å²) in [6, 6.07) is 3.63. The summed E-state index contributed by atoms with van der Waals surface area (Å²) >= 11 is 0. The number of hydrogen-bond donors (Lipinski definition) is 0. The lowest BCUT2D eigenvalue weighted by molar-refractivity contribution is 0.111. The molecular formula is C10H12N4O. The van der Waals surface area contributed by atoms with Crippen LogP contribution in [0.5, 0.6) is 0 Å². The topological polar surface area (TPSA) is 52.7 Å². The summed E-state index contributed by atoms with van der Waals surface area (Å²) in [6.07, 6.45) is 4.35. The van der Waals surface area contributed by atoms with Crippen molar-refractivity contribution in [1.29, 1.82) is 0 Å². The van der Waals surface area contributed by atoms with Crippen molar-refractivity contribution in [3.8, 4) is 0 Å². The van der Waals surface area contributed by atoms with Crippen LogP contribution in [0.25, 0.3) is 0 Å². The number of aromatic nitrogens is 4. The lowest BCUT2D eigenvalue weighted by Gasteiger charge is -2.14. The van der Waals surface area contributed by atoms with Gasteiger partial charge in [-0.2, -0.15) is 0 Å². The molecule has 0 fully saturated rings. The Morgan fingerprint density at radius 3 is 2.93 bits per heavy atom. The monoisotopic (exact) mass is 204 g/mol. The van der Waals surface area contributed by atoms with Crippen LogP contribution in [0.2, 0.25) is 0 Å². The SMILES string of the molecule is CC(c1nncn1C)n1cccc1C=O. The van der Waals surface area contributed by atoms with Gasteiger partial charge in [0.05, 0.1) is 11.7 Å². The molecule has 0 amide bonds. The Kier molecular flexibility index (Phi) is 2.37. The van der Waals surface area contributed by atoms with Crippen molar-refractivity contribution in [3.05, 3.63) is 36.2 Å². The van der Waals surface area contributed by atoms with E-state index >= 15 is 0 Å². The van der Waals surface area contributed by atoms with Crippen LogP contribution in [0.15, 0.2) is 24.7 Å². The summed E-state index contributed by atoms with van der Waals surface area (Å²) in [5, 5.41) is 7.84. The zero-order valence-corrected chi connectivity index (χ0v) is 8.66. The first-order valence-electron chi connectivity index (χ1n) is 4.70. The Balaban J connectivity index is 2.40. The maximum Gasteiger partial charge on any atom is 0.166 e. The molecule has 0 bridgehead atoms. The average Bonchev–Trinajstić information content (AvgIpc) is 2.84. The van der Waals surface area contributed by atoms with E-state index in [0.29, 0.717) is 5.69 Å². The van der Waals surface area contributed by atoms with Crippen LogP contribution >= 0.6 is 0 Å². The second-order valence-corrected chi connectivity index (χ2v) is 3.43. The van der Waals surface area contributed by atoms with Crippen LogP contribution in [0.4, 0.5) is 0 Å². The zero-order chi connectivity index (χ0) is 10.8. The minimum Gasteiger partial charge on any atom is -0.335 e. The molecule has 0 radical (unpaired) electrons. The Morgan fingerprint density at radius 1 is 1.53 bits per heavy atom. The maximum atomic E-state index is 10.8. The smallest absolute Gasteiger partial charge is 0.166 e. The Morgan fingerprint density at radius 2 is 2.33 bits per heavy atom. The normalized spacial score (nSPS) is 12.7. The summed E-state index contributed by atoms with van der Waals surface area (Å²) < 4.78 is 3.72. The lowest BCUT2D eigenvalue weighted by atomic mass is 10.3. The molecule has 5 nitrogen and oxygen atoms in total. The van der Waals surface area contributed by atoms with Crippen molar-refractivity contribution in [2.24, 2.45) is 7.05 Å². The minimum atomic E-state index is 0.00713. The second kappa shape index (κ2) is 3.68. The first kappa shape index (κ1) is 9.64. The van der Waals surface area contributed by atoms with Gasteiger partial charge in [-0.25, -0.2) is 0 Å². The average molecular weight is 204 g/mol. The van der Waals surface area contributed by atoms with Gasteiger partial charge in [0, 0.05) is 13.2 Å². The molecule has 2 aromatic rings. The van der Waals surface area contributed by atoms with Crippen LogP contribution in [-0.2, 0) is 7.05 Å². The molecule has 15 heavy (non-hydrogen) atoms. The van der Waals surface area contributed by atoms with Crippen LogP contribution in [0.3, 0.4) is 0 Å². The van der Waals surface area contributed by atoms with E-state index in [4.69, 9.17) is 0 Å². The van der Waals surface area contributed by atoms with Crippen LogP contribution in [0.1, 0.15) is 29.3 Å². The largest absolute Gasteiger partial charge is 0.335 e. The van der Waals surface area contributed by atoms with Crippen molar-refractivity contribution in [2.75, 3.05) is 0 Å². The first-order chi connectivity index (χ1) is 7.24. The molecule has 0 aliphatic rings. The van der Waals surface area contributed by atoms with Gasteiger partial charge in [-0.05, 0) is 19.1 Å². The van der Waals surface area contributed by atoms with Crippen LogP contribution in [-0.4, -0.2) is 25.6 Å². The summed E-state index contributed by atoms with van der Waals surface area (Å²) in [6.45, 7) is 1.98. The standard InChI is InChI=1S/C10H12N4O/c1-8(10-12-11-7-13(10)2)14-5-3-4-9(14)6-15/h3-8H,1-2H3. The summed E-state index contributed by atoms with van der Waals surface area (Å²) in [7, 11) is 1.88. The van der Waals surface area contributed by atoms with Gasteiger partial charge in [0.25, 0.3) is 0 Å². The molecule has 2 heterocycles. The van der Waals surface area contributed by atoms with Gasteiger partial charge >= 0.3 is 0 Å². The highest BCUT2D eigenvalue weighted by molar-refractivity contribution is 5.72. The van der Waals surface area contributed by atoms with E-state index in [2.05, 4.69) is 10.2 Å². The molecule has 0 saturated heterocycles. The number of nitrogens with zero attached hydrogens (tertiary/aromatic N) is 4. The van der Waals surface area contributed by atoms with Gasteiger partial charge in [0.2, 0.25) is 0 Å². The third kappa shape index (κ3) is 1.56. The van der Waals surface area contributed by atoms with E-state index in [-0.39, 0.29) is 6.04 Å². The molecule has 1 unspecified atom stereocenters. The van der Waals surface area contributed by atoms with E-state index in [1.807, 2.05) is 35.4 Å². The highest BCUT2D eigenvalue weighted by Crippen LogP contribution is 2.16. The van der Waals surface area contributed by atoms with E-state index < -0.39 is 0 Å². The number of aldehydes is 1. The van der Waals surface area contributed by atoms with Gasteiger partial charge < -0.3 is 9.13 Å². The summed E-state index contributed by atoms with van der Waals surface area (Å²) in [4.78, 5) is 10.8. The molecule has 0 spiro atoms. The van der Waals surface area contributed by atoms with Gasteiger partial charge in [0.1, 0.15) is 6.33 Å². The molecule has 0 aliphatic carbocycles. The molecule has 0 aliphatic heterocycles. The van der Waals surface area contributed by atoms with Gasteiger partial charge in [-0.1, -0.05) is 0 Å². The van der Waals surface area contributed by atoms with E-state index in [0.717, 1.165) is 12.1 Å². The van der Waals surface area contributed by atoms with Crippen LogP contribution < -0.4 is 0 Å². The number of rotatable bonds is 3. The summed E-state index contributed by atoms with van der Waals surface area (Å²) in [5.41, 5.74) is 0.644. The predicted molar refractivity (Wildman–Crippen MR) is 54.6 cm³/mol. The Hall–Kier alpha value is -1.91. The third-order valence-electron chi connectivity index (χ3n) is 2.47. The van der Waals surface area contributed by atoms with Gasteiger partial charge in [-0.3, -0.25) is 4.79 Å². The molecule has 1 atom stereocenters. The second-order valence-electron chi connectivity index (χ2n) is 3.43. The first-order valence-corrected chi connectivity index (χ1v) is 4.70. The molecule has 0 saturated carbocycles. The van der Waals surface area contributed by atoms with Crippen molar-refractivity contribution >= 4 is 6.29 Å². The fourth-order valence-electron chi connectivity index (χ4n) is 1.65. The van der Waals surface area contributed by atoms with Crippen molar-refractivity contribution in [2.45, 2.75) is 13.0 Å². The molecule has 78 valence electrons. The predicted octanol–water partition coefficient (Wildman–Crippen LogP) is 1.04. The van der Waals surface area contributed by atoms with E-state index in [9.17, 15) is 4.79 Å².